The van der Waals surface area contributed by atoms with Crippen molar-refractivity contribution in [2.45, 2.75) is 11.8 Å². The van der Waals surface area contributed by atoms with E-state index in [1.807, 2.05) is 0 Å². The van der Waals surface area contributed by atoms with Gasteiger partial charge in [-0.2, -0.15) is 0 Å². The van der Waals surface area contributed by atoms with Crippen LogP contribution in [0.1, 0.15) is 16.5 Å². The fraction of sp³-hybridized carbons (Fsp3) is 0.200. The van der Waals surface area contributed by atoms with Gasteiger partial charge in [0.1, 0.15) is 5.75 Å². The van der Waals surface area contributed by atoms with Gasteiger partial charge in [-0.1, -0.05) is 18.2 Å². The zero-order valence-electron chi connectivity index (χ0n) is 10.7. The largest absolute Gasteiger partial charge is 0.497 e. The van der Waals surface area contributed by atoms with Crippen LogP contribution in [0.2, 0.25) is 0 Å². The molecule has 20 heavy (non-hydrogen) atoms. The highest BCUT2D eigenvalue weighted by Gasteiger charge is 2.19. The number of hydrogen-bond donors (Lipinski definition) is 0. The number of halogens is 4. The molecule has 0 amide bonds. The van der Waals surface area contributed by atoms with Crippen LogP contribution < -0.4 is 4.74 Å². The third-order valence-corrected chi connectivity index (χ3v) is 3.34. The highest BCUT2D eigenvalue weighted by molar-refractivity contribution is 6.20. The van der Waals surface area contributed by atoms with Gasteiger partial charge in [0, 0.05) is 5.56 Å². The van der Waals surface area contributed by atoms with Crippen LogP contribution in [-0.4, -0.2) is 7.11 Å². The van der Waals surface area contributed by atoms with Crippen LogP contribution in [0.25, 0.3) is 0 Å². The van der Waals surface area contributed by atoms with E-state index in [9.17, 15) is 13.2 Å². The molecule has 1 atom stereocenters. The molecule has 0 aliphatic carbocycles. The van der Waals surface area contributed by atoms with Crippen LogP contribution in [0.4, 0.5) is 13.2 Å². The topological polar surface area (TPSA) is 9.23 Å². The summed E-state index contributed by atoms with van der Waals surface area (Å²) in [5, 5.41) is -0.794. The Balaban J connectivity index is 2.23. The minimum atomic E-state index is -1.50. The summed E-state index contributed by atoms with van der Waals surface area (Å²) in [6, 6.07) is 9.13. The lowest BCUT2D eigenvalue weighted by molar-refractivity contribution is 0.414. The number of benzene rings is 2. The van der Waals surface area contributed by atoms with Gasteiger partial charge in [-0.05, 0) is 30.2 Å². The predicted molar refractivity (Wildman–Crippen MR) is 71.6 cm³/mol. The lowest BCUT2D eigenvalue weighted by atomic mass is 10.0. The first-order chi connectivity index (χ1) is 9.52. The van der Waals surface area contributed by atoms with E-state index in [0.29, 0.717) is 5.75 Å². The Morgan fingerprint density at radius 3 is 2.55 bits per heavy atom. The fourth-order valence-electron chi connectivity index (χ4n) is 1.90. The van der Waals surface area contributed by atoms with E-state index in [1.165, 1.54) is 7.11 Å². The Labute approximate surface area is 119 Å². The van der Waals surface area contributed by atoms with E-state index in [0.717, 1.165) is 17.7 Å². The SMILES string of the molecule is COc1cccc(CC(Cl)c2ccc(F)c(F)c2F)c1. The standard InChI is InChI=1S/C15H12ClF3O/c1-20-10-4-2-3-9(7-10)8-12(16)11-5-6-13(17)15(19)14(11)18/h2-7,12H,8H2,1H3. The molecule has 0 N–H and O–H groups in total. The molecule has 2 aromatic rings. The third kappa shape index (κ3) is 3.07. The van der Waals surface area contributed by atoms with Crippen LogP contribution in [-0.2, 0) is 6.42 Å². The van der Waals surface area contributed by atoms with Crippen molar-refractivity contribution in [2.75, 3.05) is 7.11 Å². The van der Waals surface area contributed by atoms with Crippen molar-refractivity contribution in [3.63, 3.8) is 0 Å². The van der Waals surface area contributed by atoms with Gasteiger partial charge in [0.2, 0.25) is 0 Å². The van der Waals surface area contributed by atoms with Gasteiger partial charge in [-0.25, -0.2) is 13.2 Å². The third-order valence-electron chi connectivity index (χ3n) is 2.95. The fourth-order valence-corrected chi connectivity index (χ4v) is 2.25. The molecular formula is C15H12ClF3O. The minimum absolute atomic E-state index is 0.0617. The number of hydrogen-bond acceptors (Lipinski definition) is 1. The zero-order chi connectivity index (χ0) is 14.7. The van der Waals surface area contributed by atoms with E-state index in [2.05, 4.69) is 0 Å². The van der Waals surface area contributed by atoms with Crippen LogP contribution in [0.15, 0.2) is 36.4 Å². The van der Waals surface area contributed by atoms with Crippen LogP contribution >= 0.6 is 11.6 Å². The minimum Gasteiger partial charge on any atom is -0.497 e. The molecule has 0 aliphatic heterocycles. The summed E-state index contributed by atoms with van der Waals surface area (Å²) in [5.74, 6) is -3.32. The summed E-state index contributed by atoms with van der Waals surface area (Å²) in [5.41, 5.74) is 0.752. The van der Waals surface area contributed by atoms with Crippen LogP contribution in [0, 0.1) is 17.5 Å². The lowest BCUT2D eigenvalue weighted by Gasteiger charge is -2.12. The Bertz CT molecular complexity index is 616. The highest BCUT2D eigenvalue weighted by atomic mass is 35.5. The first-order valence-electron chi connectivity index (χ1n) is 5.93. The molecule has 0 saturated carbocycles. The molecule has 0 aliphatic rings. The Morgan fingerprint density at radius 2 is 1.85 bits per heavy atom. The first-order valence-corrected chi connectivity index (χ1v) is 6.37. The molecule has 0 heterocycles. The van der Waals surface area contributed by atoms with Crippen molar-refractivity contribution in [2.24, 2.45) is 0 Å². The summed E-state index contributed by atoms with van der Waals surface area (Å²) in [6.07, 6.45) is 0.279. The first kappa shape index (κ1) is 14.7. The van der Waals surface area contributed by atoms with Crippen molar-refractivity contribution in [3.8, 4) is 5.75 Å². The summed E-state index contributed by atoms with van der Waals surface area (Å²) >= 11 is 6.10. The summed E-state index contributed by atoms with van der Waals surface area (Å²) in [7, 11) is 1.53. The molecule has 0 spiro atoms. The lowest BCUT2D eigenvalue weighted by Crippen LogP contribution is -2.03. The van der Waals surface area contributed by atoms with Gasteiger partial charge >= 0.3 is 0 Å². The average Bonchev–Trinajstić information content (AvgIpc) is 2.45. The molecule has 2 rings (SSSR count). The molecular weight excluding hydrogens is 289 g/mol. The van der Waals surface area contributed by atoms with Gasteiger partial charge in [0.25, 0.3) is 0 Å². The van der Waals surface area contributed by atoms with Crippen LogP contribution in [0.5, 0.6) is 5.75 Å². The normalized spacial score (nSPS) is 12.2. The van der Waals surface area contributed by atoms with E-state index in [-0.39, 0.29) is 12.0 Å². The molecule has 1 nitrogen and oxygen atoms in total. The monoisotopic (exact) mass is 300 g/mol. The van der Waals surface area contributed by atoms with Gasteiger partial charge in [-0.15, -0.1) is 11.6 Å². The van der Waals surface area contributed by atoms with E-state index >= 15 is 0 Å². The Kier molecular flexibility index (Phi) is 4.55. The average molecular weight is 301 g/mol. The van der Waals surface area contributed by atoms with E-state index < -0.39 is 22.8 Å². The van der Waals surface area contributed by atoms with Crippen molar-refractivity contribution < 1.29 is 17.9 Å². The molecule has 0 aromatic heterocycles. The highest BCUT2D eigenvalue weighted by Crippen LogP contribution is 2.30. The summed E-state index contributed by atoms with van der Waals surface area (Å²) < 4.78 is 44.8. The second-order valence-electron chi connectivity index (χ2n) is 4.29. The van der Waals surface area contributed by atoms with Crippen molar-refractivity contribution in [1.82, 2.24) is 0 Å². The van der Waals surface area contributed by atoms with E-state index in [4.69, 9.17) is 16.3 Å². The molecule has 106 valence electrons. The van der Waals surface area contributed by atoms with Crippen molar-refractivity contribution in [3.05, 3.63) is 65.0 Å². The summed E-state index contributed by atoms with van der Waals surface area (Å²) in [6.45, 7) is 0. The quantitative estimate of drug-likeness (QED) is 0.590. The van der Waals surface area contributed by atoms with Gasteiger partial charge < -0.3 is 4.74 Å². The number of alkyl halides is 1. The second kappa shape index (κ2) is 6.18. The number of ether oxygens (including phenoxy) is 1. The molecule has 0 bridgehead atoms. The second-order valence-corrected chi connectivity index (χ2v) is 4.81. The van der Waals surface area contributed by atoms with Crippen molar-refractivity contribution >= 4 is 11.6 Å². The Hall–Kier alpha value is -1.68. The maximum atomic E-state index is 13.6. The number of methoxy groups -OCH3 is 1. The van der Waals surface area contributed by atoms with Crippen molar-refractivity contribution in [1.29, 1.82) is 0 Å². The van der Waals surface area contributed by atoms with Crippen LogP contribution in [0.3, 0.4) is 0 Å². The zero-order valence-corrected chi connectivity index (χ0v) is 11.4. The van der Waals surface area contributed by atoms with E-state index in [1.54, 1.807) is 24.3 Å². The molecule has 1 unspecified atom stereocenters. The predicted octanol–water partition coefficient (Wildman–Crippen LogP) is 4.64. The molecule has 0 radical (unpaired) electrons. The smallest absolute Gasteiger partial charge is 0.194 e. The molecule has 2 aromatic carbocycles. The van der Waals surface area contributed by atoms with Gasteiger partial charge in [0.05, 0.1) is 12.5 Å². The Morgan fingerprint density at radius 1 is 1.10 bits per heavy atom. The molecule has 0 saturated heterocycles. The van der Waals surface area contributed by atoms with Gasteiger partial charge in [-0.3, -0.25) is 0 Å². The maximum absolute atomic E-state index is 13.6. The van der Waals surface area contributed by atoms with Gasteiger partial charge in [0.15, 0.2) is 17.5 Å². The number of rotatable bonds is 4. The maximum Gasteiger partial charge on any atom is 0.194 e. The molecule has 0 fully saturated rings. The molecule has 5 heteroatoms. The summed E-state index contributed by atoms with van der Waals surface area (Å²) in [4.78, 5) is 0.